The van der Waals surface area contributed by atoms with Crippen LogP contribution in [0.2, 0.25) is 0 Å². The van der Waals surface area contributed by atoms with E-state index in [1.54, 1.807) is 0 Å². The van der Waals surface area contributed by atoms with Crippen LogP contribution in [0.25, 0.3) is 0 Å². The smallest absolute Gasteiger partial charge is 0.0488 e. The average molecular weight is 321 g/mol. The van der Waals surface area contributed by atoms with Gasteiger partial charge in [0.1, 0.15) is 0 Å². The maximum absolute atomic E-state index is 3.64. The lowest BCUT2D eigenvalue weighted by molar-refractivity contribution is -0.0110. The Hall–Kier alpha value is -0.540. The minimum absolute atomic E-state index is 0.691. The Morgan fingerprint density at radius 1 is 0.842 bits per heavy atom. The van der Waals surface area contributed by atoms with E-state index in [9.17, 15) is 0 Å². The van der Waals surface area contributed by atoms with E-state index in [1.165, 1.54) is 32.1 Å². The molecule has 0 unspecified atom stereocenters. The van der Waals surface area contributed by atoms with Gasteiger partial charge in [-0.15, -0.1) is 0 Å². The fourth-order valence-corrected chi connectivity index (χ4v) is 5.13. The summed E-state index contributed by atoms with van der Waals surface area (Å²) in [6.45, 7) is 0. The molecule has 2 nitrogen and oxygen atoms in total. The molecule has 4 saturated carbocycles. The van der Waals surface area contributed by atoms with Crippen molar-refractivity contribution < 1.29 is 0 Å². The molecule has 4 bridgehead atoms. The summed E-state index contributed by atoms with van der Waals surface area (Å²) in [6, 6.07) is 9.10. The predicted octanol–water partition coefficient (Wildman–Crippen LogP) is 4.19. The predicted molar refractivity (Wildman–Crippen MR) is 81.7 cm³/mol. The first-order valence-corrected chi connectivity index (χ1v) is 8.34. The summed E-state index contributed by atoms with van der Waals surface area (Å²) in [5, 5.41) is 0. The first-order chi connectivity index (χ1) is 9.28. The summed E-state index contributed by atoms with van der Waals surface area (Å²) in [7, 11) is 0. The van der Waals surface area contributed by atoms with E-state index in [1.807, 2.05) is 0 Å². The third-order valence-electron chi connectivity index (χ3n) is 5.45. The zero-order valence-electron chi connectivity index (χ0n) is 11.1. The van der Waals surface area contributed by atoms with Gasteiger partial charge in [-0.2, -0.15) is 0 Å². The number of hydrogen-bond acceptors (Lipinski definition) is 2. The largest absolute Gasteiger partial charge is 0.321 e. The van der Waals surface area contributed by atoms with Gasteiger partial charge in [-0.3, -0.25) is 0 Å². The molecule has 1 aromatic carbocycles. The summed E-state index contributed by atoms with van der Waals surface area (Å²) in [6.07, 6.45) is 7.39. The van der Waals surface area contributed by atoms with Crippen molar-refractivity contribution in [1.82, 2.24) is 5.43 Å². The maximum Gasteiger partial charge on any atom is 0.0488 e. The van der Waals surface area contributed by atoms with Gasteiger partial charge in [0.25, 0.3) is 0 Å². The third-order valence-corrected chi connectivity index (χ3v) is 5.98. The Bertz CT molecular complexity index is 428. The highest BCUT2D eigenvalue weighted by atomic mass is 79.9. The Balaban J connectivity index is 1.42. The van der Waals surface area contributed by atoms with Crippen LogP contribution < -0.4 is 10.9 Å². The van der Waals surface area contributed by atoms with Crippen LogP contribution in [-0.2, 0) is 0 Å². The van der Waals surface area contributed by atoms with Gasteiger partial charge in [-0.1, -0.05) is 15.9 Å². The van der Waals surface area contributed by atoms with Gasteiger partial charge in [0.15, 0.2) is 0 Å². The second-order valence-corrected chi connectivity index (χ2v) is 7.65. The summed E-state index contributed by atoms with van der Waals surface area (Å²) >= 11 is 3.48. The molecular formula is C16H21BrN2. The number of hydrazine groups is 1. The highest BCUT2D eigenvalue weighted by Gasteiger charge is 2.48. The van der Waals surface area contributed by atoms with Crippen molar-refractivity contribution in [3.05, 3.63) is 28.7 Å². The van der Waals surface area contributed by atoms with Crippen molar-refractivity contribution in [2.45, 2.75) is 38.1 Å². The Morgan fingerprint density at radius 3 is 2.00 bits per heavy atom. The van der Waals surface area contributed by atoms with Crippen LogP contribution in [0.5, 0.6) is 0 Å². The lowest BCUT2D eigenvalue weighted by atomic mass is 9.54. The van der Waals surface area contributed by atoms with Crippen molar-refractivity contribution in [1.29, 1.82) is 0 Å². The molecule has 0 radical (unpaired) electrons. The zero-order valence-corrected chi connectivity index (χ0v) is 12.7. The normalized spacial score (nSPS) is 39.5. The molecule has 19 heavy (non-hydrogen) atoms. The SMILES string of the molecule is Brc1ccc(NNC2C3CC4CC(C3)CC2C4)cc1. The molecule has 4 aliphatic carbocycles. The summed E-state index contributed by atoms with van der Waals surface area (Å²) in [5.41, 5.74) is 8.23. The third kappa shape index (κ3) is 2.31. The van der Waals surface area contributed by atoms with Crippen molar-refractivity contribution in [2.24, 2.45) is 23.7 Å². The van der Waals surface area contributed by atoms with Gasteiger partial charge < -0.3 is 5.43 Å². The van der Waals surface area contributed by atoms with Gasteiger partial charge in [0.2, 0.25) is 0 Å². The zero-order chi connectivity index (χ0) is 12.8. The quantitative estimate of drug-likeness (QED) is 0.816. The highest BCUT2D eigenvalue weighted by molar-refractivity contribution is 9.10. The number of halogens is 1. The fourth-order valence-electron chi connectivity index (χ4n) is 4.86. The second-order valence-electron chi connectivity index (χ2n) is 6.73. The second kappa shape index (κ2) is 4.78. The number of hydrogen-bond donors (Lipinski definition) is 2. The van der Waals surface area contributed by atoms with E-state index in [0.717, 1.165) is 33.8 Å². The van der Waals surface area contributed by atoms with Crippen LogP contribution in [0.3, 0.4) is 0 Å². The number of anilines is 1. The molecule has 5 rings (SSSR count). The van der Waals surface area contributed by atoms with Crippen LogP contribution >= 0.6 is 15.9 Å². The van der Waals surface area contributed by atoms with Crippen molar-refractivity contribution in [3.63, 3.8) is 0 Å². The van der Waals surface area contributed by atoms with Gasteiger partial charge in [-0.05, 0) is 80.0 Å². The molecule has 4 aliphatic rings. The first kappa shape index (κ1) is 12.2. The molecule has 0 amide bonds. The molecule has 2 N–H and O–H groups in total. The molecule has 1 aromatic rings. The number of benzene rings is 1. The monoisotopic (exact) mass is 320 g/mol. The Morgan fingerprint density at radius 2 is 1.42 bits per heavy atom. The summed E-state index contributed by atoms with van der Waals surface area (Å²) in [4.78, 5) is 0. The fraction of sp³-hybridized carbons (Fsp3) is 0.625. The Labute approximate surface area is 123 Å². The molecule has 3 heteroatoms. The van der Waals surface area contributed by atoms with E-state index in [-0.39, 0.29) is 0 Å². The van der Waals surface area contributed by atoms with Crippen LogP contribution in [0, 0.1) is 23.7 Å². The number of nitrogens with one attached hydrogen (secondary N) is 2. The van der Waals surface area contributed by atoms with E-state index in [2.05, 4.69) is 51.0 Å². The van der Waals surface area contributed by atoms with Gasteiger partial charge in [0.05, 0.1) is 0 Å². The van der Waals surface area contributed by atoms with Gasteiger partial charge >= 0.3 is 0 Å². The minimum atomic E-state index is 0.691. The molecule has 0 aromatic heterocycles. The molecular weight excluding hydrogens is 300 g/mol. The lowest BCUT2D eigenvalue weighted by Gasteiger charge is -2.54. The summed E-state index contributed by atoms with van der Waals surface area (Å²) < 4.78 is 1.13. The van der Waals surface area contributed by atoms with Crippen molar-refractivity contribution >= 4 is 21.6 Å². The molecule has 4 fully saturated rings. The molecule has 0 heterocycles. The molecule has 0 spiro atoms. The van der Waals surface area contributed by atoms with E-state index >= 15 is 0 Å². The van der Waals surface area contributed by atoms with Gasteiger partial charge in [-0.25, -0.2) is 5.43 Å². The summed E-state index contributed by atoms with van der Waals surface area (Å²) in [5.74, 6) is 3.93. The van der Waals surface area contributed by atoms with Crippen LogP contribution in [0.15, 0.2) is 28.7 Å². The van der Waals surface area contributed by atoms with Gasteiger partial charge in [0, 0.05) is 16.2 Å². The standard InChI is InChI=1S/C16H21BrN2/c17-14-1-3-15(4-2-14)18-19-16-12-6-10-5-11(8-12)9-13(16)7-10/h1-4,10-13,16,18-19H,5-9H2. The van der Waals surface area contributed by atoms with Crippen LogP contribution in [0.4, 0.5) is 5.69 Å². The van der Waals surface area contributed by atoms with Crippen molar-refractivity contribution in [2.75, 3.05) is 5.43 Å². The molecule has 102 valence electrons. The highest BCUT2D eigenvalue weighted by Crippen LogP contribution is 2.53. The molecule has 0 saturated heterocycles. The first-order valence-electron chi connectivity index (χ1n) is 7.55. The van der Waals surface area contributed by atoms with Crippen LogP contribution in [-0.4, -0.2) is 6.04 Å². The number of rotatable bonds is 3. The van der Waals surface area contributed by atoms with E-state index in [4.69, 9.17) is 0 Å². The molecule has 0 atom stereocenters. The van der Waals surface area contributed by atoms with Crippen molar-refractivity contribution in [3.8, 4) is 0 Å². The van der Waals surface area contributed by atoms with Crippen LogP contribution in [0.1, 0.15) is 32.1 Å². The topological polar surface area (TPSA) is 24.1 Å². The van der Waals surface area contributed by atoms with E-state index in [0.29, 0.717) is 6.04 Å². The lowest BCUT2D eigenvalue weighted by Crippen LogP contribution is -2.55. The van der Waals surface area contributed by atoms with E-state index < -0.39 is 0 Å². The molecule has 0 aliphatic heterocycles. The average Bonchev–Trinajstić information content (AvgIpc) is 2.39. The maximum atomic E-state index is 3.64. The Kier molecular flexibility index (Phi) is 3.07. The minimum Gasteiger partial charge on any atom is -0.321 e.